The van der Waals surface area contributed by atoms with Gasteiger partial charge in [-0.2, -0.15) is 0 Å². The lowest BCUT2D eigenvalue weighted by Crippen LogP contribution is -2.27. The standard InChI is InChI=1S/C27H25NO4S/c1-18-7-9-20(10-8-18)16-28-26(29)25(33-27(28)30)15-21-11-12-23(24(14-21)31-3)32-17-22-6-4-5-19(2)13-22/h4-15H,16-17H2,1-3H3/b25-15-. The van der Waals surface area contributed by atoms with E-state index < -0.39 is 0 Å². The van der Waals surface area contributed by atoms with E-state index in [4.69, 9.17) is 9.47 Å². The molecule has 3 aromatic rings. The number of hydrogen-bond donors (Lipinski definition) is 0. The highest BCUT2D eigenvalue weighted by atomic mass is 32.2. The van der Waals surface area contributed by atoms with Crippen LogP contribution in [0.25, 0.3) is 6.08 Å². The molecule has 0 aromatic heterocycles. The third-order valence-electron chi connectivity index (χ3n) is 5.30. The lowest BCUT2D eigenvalue weighted by Gasteiger charge is -2.13. The quantitative estimate of drug-likeness (QED) is 0.398. The average Bonchev–Trinajstić information content (AvgIpc) is 3.06. The van der Waals surface area contributed by atoms with Crippen LogP contribution in [0.2, 0.25) is 0 Å². The van der Waals surface area contributed by atoms with E-state index in [2.05, 4.69) is 6.07 Å². The summed E-state index contributed by atoms with van der Waals surface area (Å²) in [4.78, 5) is 27.0. The van der Waals surface area contributed by atoms with Crippen molar-refractivity contribution >= 4 is 29.0 Å². The van der Waals surface area contributed by atoms with Gasteiger partial charge in [-0.05, 0) is 60.5 Å². The number of amides is 2. The number of hydrogen-bond acceptors (Lipinski definition) is 5. The number of aryl methyl sites for hydroxylation is 2. The van der Waals surface area contributed by atoms with Gasteiger partial charge in [-0.25, -0.2) is 0 Å². The van der Waals surface area contributed by atoms with Gasteiger partial charge in [0.2, 0.25) is 0 Å². The van der Waals surface area contributed by atoms with Crippen LogP contribution in [0, 0.1) is 13.8 Å². The highest BCUT2D eigenvalue weighted by Crippen LogP contribution is 2.35. The van der Waals surface area contributed by atoms with Crippen LogP contribution in [0.3, 0.4) is 0 Å². The Kier molecular flexibility index (Phi) is 6.84. The van der Waals surface area contributed by atoms with Crippen LogP contribution >= 0.6 is 11.8 Å². The molecule has 1 fully saturated rings. The second kappa shape index (κ2) is 9.96. The van der Waals surface area contributed by atoms with E-state index in [-0.39, 0.29) is 17.7 Å². The molecule has 0 unspecified atom stereocenters. The summed E-state index contributed by atoms with van der Waals surface area (Å²) in [5.74, 6) is 0.892. The maximum absolute atomic E-state index is 12.9. The molecule has 0 atom stereocenters. The molecule has 168 valence electrons. The van der Waals surface area contributed by atoms with Gasteiger partial charge in [0.1, 0.15) is 6.61 Å². The fourth-order valence-electron chi connectivity index (χ4n) is 3.52. The van der Waals surface area contributed by atoms with Crippen molar-refractivity contribution in [3.8, 4) is 11.5 Å². The van der Waals surface area contributed by atoms with Crippen molar-refractivity contribution in [2.24, 2.45) is 0 Å². The van der Waals surface area contributed by atoms with Crippen molar-refractivity contribution < 1.29 is 19.1 Å². The number of carbonyl (C=O) groups is 2. The summed E-state index contributed by atoms with van der Waals surface area (Å²) in [7, 11) is 1.58. The van der Waals surface area contributed by atoms with Crippen LogP contribution in [-0.2, 0) is 17.9 Å². The zero-order chi connectivity index (χ0) is 23.4. The number of ether oxygens (including phenoxy) is 2. The molecule has 1 aliphatic rings. The fourth-order valence-corrected chi connectivity index (χ4v) is 4.36. The minimum atomic E-state index is -0.288. The number of thioether (sulfide) groups is 1. The van der Waals surface area contributed by atoms with E-state index in [1.54, 1.807) is 19.3 Å². The molecule has 6 heteroatoms. The summed E-state index contributed by atoms with van der Waals surface area (Å²) in [6.45, 7) is 4.73. The van der Waals surface area contributed by atoms with E-state index in [1.807, 2.05) is 68.4 Å². The van der Waals surface area contributed by atoms with Gasteiger partial charge in [0.25, 0.3) is 11.1 Å². The molecule has 0 saturated carbocycles. The Morgan fingerprint density at radius 1 is 0.879 bits per heavy atom. The fraction of sp³-hybridized carbons (Fsp3) is 0.185. The van der Waals surface area contributed by atoms with Gasteiger partial charge in [0, 0.05) is 0 Å². The molecule has 0 radical (unpaired) electrons. The molecule has 33 heavy (non-hydrogen) atoms. The van der Waals surface area contributed by atoms with E-state index in [9.17, 15) is 9.59 Å². The first-order valence-electron chi connectivity index (χ1n) is 10.6. The largest absolute Gasteiger partial charge is 0.493 e. The second-order valence-electron chi connectivity index (χ2n) is 7.94. The Morgan fingerprint density at radius 2 is 1.67 bits per heavy atom. The zero-order valence-electron chi connectivity index (χ0n) is 18.8. The molecule has 0 bridgehead atoms. The first kappa shape index (κ1) is 22.7. The molecule has 0 spiro atoms. The number of rotatable bonds is 7. The smallest absolute Gasteiger partial charge is 0.293 e. The molecule has 0 N–H and O–H groups in total. The van der Waals surface area contributed by atoms with Crippen LogP contribution < -0.4 is 9.47 Å². The minimum absolute atomic E-state index is 0.261. The van der Waals surface area contributed by atoms with E-state index >= 15 is 0 Å². The summed E-state index contributed by atoms with van der Waals surface area (Å²) >= 11 is 0.952. The highest BCUT2D eigenvalue weighted by Gasteiger charge is 2.35. The Morgan fingerprint density at radius 3 is 2.39 bits per heavy atom. The molecule has 2 amide bonds. The maximum Gasteiger partial charge on any atom is 0.293 e. The van der Waals surface area contributed by atoms with Gasteiger partial charge >= 0.3 is 0 Å². The molecule has 1 aliphatic heterocycles. The van der Waals surface area contributed by atoms with Crippen LogP contribution in [0.1, 0.15) is 27.8 Å². The Hall–Kier alpha value is -3.51. The summed E-state index contributed by atoms with van der Waals surface area (Å²) in [6.07, 6.45) is 1.72. The summed E-state index contributed by atoms with van der Waals surface area (Å²) < 4.78 is 11.4. The number of nitrogens with zero attached hydrogens (tertiary/aromatic N) is 1. The monoisotopic (exact) mass is 459 g/mol. The van der Waals surface area contributed by atoms with Gasteiger partial charge in [-0.1, -0.05) is 65.7 Å². The molecule has 1 saturated heterocycles. The summed E-state index contributed by atoms with van der Waals surface area (Å²) in [6, 6.07) is 21.4. The molecule has 1 heterocycles. The number of benzene rings is 3. The van der Waals surface area contributed by atoms with E-state index in [1.165, 1.54) is 10.5 Å². The van der Waals surface area contributed by atoms with Crippen molar-refractivity contribution in [3.63, 3.8) is 0 Å². The van der Waals surface area contributed by atoms with Crippen molar-refractivity contribution in [1.82, 2.24) is 4.90 Å². The van der Waals surface area contributed by atoms with Crippen LogP contribution in [0.15, 0.2) is 71.6 Å². The Balaban J connectivity index is 1.48. The lowest BCUT2D eigenvalue weighted by molar-refractivity contribution is -0.123. The molecular formula is C27H25NO4S. The van der Waals surface area contributed by atoms with E-state index in [0.29, 0.717) is 23.0 Å². The molecule has 4 rings (SSSR count). The van der Waals surface area contributed by atoms with Crippen molar-refractivity contribution in [3.05, 3.63) is 99.5 Å². The number of imide groups is 1. The third kappa shape index (κ3) is 5.46. The number of carbonyl (C=O) groups excluding carboxylic acids is 2. The average molecular weight is 460 g/mol. The first-order valence-corrected chi connectivity index (χ1v) is 11.4. The van der Waals surface area contributed by atoms with Crippen molar-refractivity contribution in [2.45, 2.75) is 27.0 Å². The zero-order valence-corrected chi connectivity index (χ0v) is 19.6. The number of methoxy groups -OCH3 is 1. The first-order chi connectivity index (χ1) is 15.9. The van der Waals surface area contributed by atoms with Crippen molar-refractivity contribution in [2.75, 3.05) is 7.11 Å². The normalized spacial score (nSPS) is 14.8. The highest BCUT2D eigenvalue weighted by molar-refractivity contribution is 8.18. The van der Waals surface area contributed by atoms with Crippen LogP contribution in [0.4, 0.5) is 4.79 Å². The van der Waals surface area contributed by atoms with Gasteiger partial charge in [-0.3, -0.25) is 14.5 Å². The lowest BCUT2D eigenvalue weighted by atomic mass is 10.1. The van der Waals surface area contributed by atoms with Crippen LogP contribution in [-0.4, -0.2) is 23.2 Å². The topological polar surface area (TPSA) is 55.8 Å². The molecular weight excluding hydrogens is 434 g/mol. The van der Waals surface area contributed by atoms with Gasteiger partial charge < -0.3 is 9.47 Å². The van der Waals surface area contributed by atoms with Gasteiger partial charge in [0.15, 0.2) is 11.5 Å². The van der Waals surface area contributed by atoms with E-state index in [0.717, 1.165) is 34.0 Å². The predicted octanol–water partition coefficient (Wildman–Crippen LogP) is 6.13. The van der Waals surface area contributed by atoms with Crippen molar-refractivity contribution in [1.29, 1.82) is 0 Å². The molecule has 5 nitrogen and oxygen atoms in total. The predicted molar refractivity (Wildman–Crippen MR) is 131 cm³/mol. The molecule has 3 aromatic carbocycles. The SMILES string of the molecule is COc1cc(/C=C2\SC(=O)N(Cc3ccc(C)cc3)C2=O)ccc1OCc1cccc(C)c1. The summed E-state index contributed by atoms with van der Waals surface area (Å²) in [5, 5.41) is -0.267. The van der Waals surface area contributed by atoms with Gasteiger partial charge in [0.05, 0.1) is 18.6 Å². The Labute approximate surface area is 198 Å². The second-order valence-corrected chi connectivity index (χ2v) is 8.93. The van der Waals surface area contributed by atoms with Gasteiger partial charge in [-0.15, -0.1) is 0 Å². The Bertz CT molecular complexity index is 1220. The minimum Gasteiger partial charge on any atom is -0.493 e. The van der Waals surface area contributed by atoms with Crippen LogP contribution in [0.5, 0.6) is 11.5 Å². The third-order valence-corrected chi connectivity index (χ3v) is 6.20. The summed E-state index contributed by atoms with van der Waals surface area (Å²) in [5.41, 5.74) is 5.06. The maximum atomic E-state index is 12.9. The molecule has 0 aliphatic carbocycles.